The summed E-state index contributed by atoms with van der Waals surface area (Å²) in [4.78, 5) is 6.28. The van der Waals surface area contributed by atoms with Gasteiger partial charge in [0.25, 0.3) is 0 Å². The van der Waals surface area contributed by atoms with Crippen LogP contribution in [0.1, 0.15) is 18.4 Å². The third-order valence-corrected chi connectivity index (χ3v) is 7.32. The number of nitrogens with one attached hydrogen (secondary N) is 1. The van der Waals surface area contributed by atoms with Gasteiger partial charge in [0.2, 0.25) is 0 Å². The van der Waals surface area contributed by atoms with Crippen molar-refractivity contribution in [1.29, 1.82) is 0 Å². The summed E-state index contributed by atoms with van der Waals surface area (Å²) < 4.78 is 30.3. The lowest BCUT2D eigenvalue weighted by Crippen LogP contribution is -2.53. The maximum absolute atomic E-state index is 12.3. The van der Waals surface area contributed by atoms with Gasteiger partial charge in [0.05, 0.1) is 4.75 Å². The van der Waals surface area contributed by atoms with Crippen LogP contribution in [0.4, 0.5) is 0 Å². The monoisotopic (exact) mass is 559 g/mol. The number of ether oxygens (including phenoxy) is 1. The molecular formula is C17H27BrIN3O3S. The Hall–Kier alpha value is -0.390. The Labute approximate surface area is 181 Å². The van der Waals surface area contributed by atoms with E-state index in [0.29, 0.717) is 45.1 Å². The van der Waals surface area contributed by atoms with Crippen LogP contribution in [-0.4, -0.2) is 64.1 Å². The largest absolute Gasteiger partial charge is 0.381 e. The summed E-state index contributed by atoms with van der Waals surface area (Å²) in [5, 5.41) is 3.25. The van der Waals surface area contributed by atoms with Crippen molar-refractivity contribution >= 4 is 55.7 Å². The zero-order valence-corrected chi connectivity index (χ0v) is 20.1. The van der Waals surface area contributed by atoms with Gasteiger partial charge in [-0.2, -0.15) is 0 Å². The quantitative estimate of drug-likeness (QED) is 0.341. The van der Waals surface area contributed by atoms with E-state index in [-0.39, 0.29) is 24.0 Å². The first-order valence-corrected chi connectivity index (χ1v) is 10.9. The molecule has 1 aromatic carbocycles. The van der Waals surface area contributed by atoms with Gasteiger partial charge < -0.3 is 15.0 Å². The van der Waals surface area contributed by atoms with Crippen LogP contribution >= 0.6 is 39.9 Å². The number of halogens is 2. The zero-order chi connectivity index (χ0) is 18.5. The second kappa shape index (κ2) is 10.2. The van der Waals surface area contributed by atoms with E-state index in [2.05, 4.69) is 26.2 Å². The summed E-state index contributed by atoms with van der Waals surface area (Å²) >= 11 is 3.43. The van der Waals surface area contributed by atoms with Gasteiger partial charge >= 0.3 is 0 Å². The number of rotatable bonds is 5. The van der Waals surface area contributed by atoms with E-state index in [1.807, 2.05) is 36.2 Å². The number of sulfone groups is 1. The van der Waals surface area contributed by atoms with Gasteiger partial charge in [0.15, 0.2) is 15.8 Å². The molecule has 9 heteroatoms. The minimum Gasteiger partial charge on any atom is -0.381 e. The standard InChI is InChI=1S/C17H26BrN3O3S.HI/c1-19-16(21(2)12-14-4-6-15(18)7-5-14)20-13-17(25(3,22)23)8-10-24-11-9-17;/h4-7H,8-13H2,1-3H3,(H,19,20);1H. The van der Waals surface area contributed by atoms with Crippen LogP contribution in [0, 0.1) is 0 Å². The fourth-order valence-corrected chi connectivity index (χ4v) is 4.49. The number of aliphatic imine (C=N–C) groups is 1. The Morgan fingerprint density at radius 1 is 1.31 bits per heavy atom. The first-order chi connectivity index (χ1) is 11.8. The summed E-state index contributed by atoms with van der Waals surface area (Å²) in [6.07, 6.45) is 2.33. The van der Waals surface area contributed by atoms with E-state index < -0.39 is 14.6 Å². The highest BCUT2D eigenvalue weighted by Crippen LogP contribution is 2.28. The highest BCUT2D eigenvalue weighted by Gasteiger charge is 2.42. The Morgan fingerprint density at radius 2 is 1.88 bits per heavy atom. The van der Waals surface area contributed by atoms with Crippen LogP contribution in [0.5, 0.6) is 0 Å². The molecule has 1 heterocycles. The molecule has 0 amide bonds. The maximum Gasteiger partial charge on any atom is 0.193 e. The van der Waals surface area contributed by atoms with Gasteiger partial charge in [-0.25, -0.2) is 8.42 Å². The third kappa shape index (κ3) is 6.07. The Morgan fingerprint density at radius 3 is 2.38 bits per heavy atom. The second-order valence-electron chi connectivity index (χ2n) is 6.45. The molecule has 1 saturated heterocycles. The predicted molar refractivity (Wildman–Crippen MR) is 120 cm³/mol. The van der Waals surface area contributed by atoms with Crippen molar-refractivity contribution in [3.63, 3.8) is 0 Å². The van der Waals surface area contributed by atoms with Crippen molar-refractivity contribution in [3.8, 4) is 0 Å². The fraction of sp³-hybridized carbons (Fsp3) is 0.588. The van der Waals surface area contributed by atoms with E-state index in [9.17, 15) is 8.42 Å². The van der Waals surface area contributed by atoms with Crippen LogP contribution in [0.25, 0.3) is 0 Å². The number of hydrogen-bond acceptors (Lipinski definition) is 4. The molecule has 0 spiro atoms. The van der Waals surface area contributed by atoms with Crippen LogP contribution in [-0.2, 0) is 21.1 Å². The Kier molecular flexibility index (Phi) is 9.31. The van der Waals surface area contributed by atoms with E-state index in [4.69, 9.17) is 4.74 Å². The van der Waals surface area contributed by atoms with Gasteiger partial charge in [0.1, 0.15) is 0 Å². The average molecular weight is 560 g/mol. The lowest BCUT2D eigenvalue weighted by atomic mass is 9.99. The smallest absolute Gasteiger partial charge is 0.193 e. The number of guanidine groups is 1. The van der Waals surface area contributed by atoms with Crippen molar-refractivity contribution in [2.45, 2.75) is 24.1 Å². The minimum atomic E-state index is -3.20. The molecular weight excluding hydrogens is 533 g/mol. The molecule has 1 fully saturated rings. The fourth-order valence-electron chi connectivity index (χ4n) is 2.99. The molecule has 6 nitrogen and oxygen atoms in total. The van der Waals surface area contributed by atoms with Gasteiger partial charge in [-0.3, -0.25) is 4.99 Å². The van der Waals surface area contributed by atoms with E-state index in [1.54, 1.807) is 7.05 Å². The topological polar surface area (TPSA) is 71.0 Å². The highest BCUT2D eigenvalue weighted by molar-refractivity contribution is 14.0. The number of hydrogen-bond donors (Lipinski definition) is 1. The summed E-state index contributed by atoms with van der Waals surface area (Å²) in [6, 6.07) is 8.09. The van der Waals surface area contributed by atoms with Crippen LogP contribution in [0.3, 0.4) is 0 Å². The first-order valence-electron chi connectivity index (χ1n) is 8.21. The molecule has 1 aliphatic heterocycles. The molecule has 0 saturated carbocycles. The first kappa shape index (κ1) is 23.6. The molecule has 0 atom stereocenters. The molecule has 0 aliphatic carbocycles. The molecule has 1 N–H and O–H groups in total. The second-order valence-corrected chi connectivity index (χ2v) is 9.78. The van der Waals surface area contributed by atoms with Gasteiger partial charge in [0, 0.05) is 51.1 Å². The molecule has 0 bridgehead atoms. The van der Waals surface area contributed by atoms with E-state index in [0.717, 1.165) is 10.0 Å². The number of nitrogens with zero attached hydrogens (tertiary/aromatic N) is 2. The van der Waals surface area contributed by atoms with Crippen molar-refractivity contribution in [1.82, 2.24) is 10.2 Å². The van der Waals surface area contributed by atoms with Crippen LogP contribution in [0.15, 0.2) is 33.7 Å². The van der Waals surface area contributed by atoms with Crippen LogP contribution in [0.2, 0.25) is 0 Å². The third-order valence-electron chi connectivity index (χ3n) is 4.67. The van der Waals surface area contributed by atoms with E-state index in [1.165, 1.54) is 6.26 Å². The molecule has 1 aliphatic rings. The minimum absolute atomic E-state index is 0. The van der Waals surface area contributed by atoms with E-state index >= 15 is 0 Å². The van der Waals surface area contributed by atoms with Crippen molar-refractivity contribution < 1.29 is 13.2 Å². The Balaban J connectivity index is 0.00000338. The van der Waals surface area contributed by atoms with Gasteiger partial charge in [-0.05, 0) is 30.5 Å². The normalized spacial score (nSPS) is 17.3. The molecule has 148 valence electrons. The molecule has 0 unspecified atom stereocenters. The lowest BCUT2D eigenvalue weighted by Gasteiger charge is -2.36. The summed E-state index contributed by atoms with van der Waals surface area (Å²) in [6.45, 7) is 1.97. The Bertz CT molecular complexity index is 704. The predicted octanol–water partition coefficient (Wildman–Crippen LogP) is 2.67. The molecule has 0 radical (unpaired) electrons. The lowest BCUT2D eigenvalue weighted by molar-refractivity contribution is 0.0755. The van der Waals surface area contributed by atoms with Crippen molar-refractivity contribution in [3.05, 3.63) is 34.3 Å². The van der Waals surface area contributed by atoms with Crippen molar-refractivity contribution in [2.75, 3.05) is 40.1 Å². The highest BCUT2D eigenvalue weighted by atomic mass is 127. The SMILES string of the molecule is CN=C(NCC1(S(C)(=O)=O)CCOCC1)N(C)Cc1ccc(Br)cc1.I. The van der Waals surface area contributed by atoms with Crippen molar-refractivity contribution in [2.24, 2.45) is 4.99 Å². The molecule has 2 rings (SSSR count). The zero-order valence-electron chi connectivity index (χ0n) is 15.4. The summed E-state index contributed by atoms with van der Waals surface area (Å²) in [5.74, 6) is 0.678. The van der Waals surface area contributed by atoms with Gasteiger partial charge in [-0.1, -0.05) is 28.1 Å². The maximum atomic E-state index is 12.3. The summed E-state index contributed by atoms with van der Waals surface area (Å²) in [7, 11) is 0.443. The molecule has 1 aromatic rings. The molecule has 0 aromatic heterocycles. The molecule has 26 heavy (non-hydrogen) atoms. The average Bonchev–Trinajstić information content (AvgIpc) is 2.57. The van der Waals surface area contributed by atoms with Crippen LogP contribution < -0.4 is 5.32 Å². The number of benzene rings is 1. The van der Waals surface area contributed by atoms with Gasteiger partial charge in [-0.15, -0.1) is 24.0 Å². The summed E-state index contributed by atoms with van der Waals surface area (Å²) in [5.41, 5.74) is 1.15.